The van der Waals surface area contributed by atoms with Gasteiger partial charge in [0.25, 0.3) is 0 Å². The van der Waals surface area contributed by atoms with Crippen molar-refractivity contribution in [2.45, 2.75) is 0 Å². The molecule has 0 bridgehead atoms. The van der Waals surface area contributed by atoms with E-state index in [4.69, 9.17) is 16.3 Å². The van der Waals surface area contributed by atoms with Crippen LogP contribution in [-0.2, 0) is 4.79 Å². The third-order valence-electron chi connectivity index (χ3n) is 4.61. The number of fused-ring (bicyclic) bond motifs is 1. The van der Waals surface area contributed by atoms with Gasteiger partial charge in [-0.1, -0.05) is 22.9 Å². The molecule has 0 spiro atoms. The summed E-state index contributed by atoms with van der Waals surface area (Å²) in [5.41, 5.74) is 1.70. The summed E-state index contributed by atoms with van der Waals surface area (Å²) in [4.78, 5) is 26.6. The molecule has 144 valence electrons. The molecule has 0 radical (unpaired) electrons. The number of amides is 1. The number of pyridine rings is 1. The number of carbonyl (C=O) groups excluding carboxylic acids is 1. The van der Waals surface area contributed by atoms with Crippen LogP contribution in [0.5, 0.6) is 5.75 Å². The molecule has 1 aliphatic rings. The van der Waals surface area contributed by atoms with Crippen molar-refractivity contribution in [1.29, 1.82) is 0 Å². The highest BCUT2D eigenvalue weighted by molar-refractivity contribution is 7.21. The molecule has 4 rings (SSSR count). The maximum Gasteiger partial charge on any atom is 0.246 e. The largest absolute Gasteiger partial charge is 0.496 e. The first-order valence-corrected chi connectivity index (χ1v) is 10.1. The topological polar surface area (TPSA) is 58.6 Å². The van der Waals surface area contributed by atoms with E-state index in [9.17, 15) is 4.79 Å². The Bertz CT molecular complexity index is 995. The highest BCUT2D eigenvalue weighted by atomic mass is 35.5. The number of ether oxygens (including phenoxy) is 1. The molecule has 1 aliphatic heterocycles. The van der Waals surface area contributed by atoms with E-state index in [2.05, 4.69) is 14.9 Å². The lowest BCUT2D eigenvalue weighted by molar-refractivity contribution is -0.126. The Balaban J connectivity index is 1.39. The van der Waals surface area contributed by atoms with Gasteiger partial charge in [0.1, 0.15) is 16.1 Å². The smallest absolute Gasteiger partial charge is 0.246 e. The molecule has 2 aromatic heterocycles. The zero-order valence-electron chi connectivity index (χ0n) is 15.3. The van der Waals surface area contributed by atoms with Crippen LogP contribution in [0.15, 0.2) is 42.6 Å². The minimum absolute atomic E-state index is 0.0207. The van der Waals surface area contributed by atoms with Crippen molar-refractivity contribution in [1.82, 2.24) is 14.9 Å². The van der Waals surface area contributed by atoms with Crippen molar-refractivity contribution < 1.29 is 9.53 Å². The molecular formula is C20H19ClN4O2S. The standard InChI is InChI=1S/C20H19ClN4O2S/c1-27-17-6-5-15(21)13-14(17)4-7-18(26)24-9-11-25(12-10-24)20-23-16-3-2-8-22-19(16)28-20/h2-8,13H,9-12H2,1H3/b7-4+. The molecule has 0 saturated carbocycles. The van der Waals surface area contributed by atoms with Gasteiger partial charge >= 0.3 is 0 Å². The SMILES string of the molecule is COc1ccc(Cl)cc1/C=C/C(=O)N1CCN(c2nc3cccnc3s2)CC1. The number of piperazine rings is 1. The number of thiazole rings is 1. The second-order valence-corrected chi connectivity index (χ2v) is 7.75. The lowest BCUT2D eigenvalue weighted by atomic mass is 10.2. The molecule has 8 heteroatoms. The van der Waals surface area contributed by atoms with E-state index in [1.807, 2.05) is 17.0 Å². The summed E-state index contributed by atoms with van der Waals surface area (Å²) < 4.78 is 5.31. The summed E-state index contributed by atoms with van der Waals surface area (Å²) in [5.74, 6) is 0.662. The highest BCUT2D eigenvalue weighted by Gasteiger charge is 2.22. The van der Waals surface area contributed by atoms with E-state index < -0.39 is 0 Å². The Hall–Kier alpha value is -2.64. The second kappa shape index (κ2) is 8.16. The number of hydrogen-bond donors (Lipinski definition) is 0. The number of hydrogen-bond acceptors (Lipinski definition) is 6. The van der Waals surface area contributed by atoms with Crippen LogP contribution < -0.4 is 9.64 Å². The van der Waals surface area contributed by atoms with Crippen LogP contribution in [0.4, 0.5) is 5.13 Å². The van der Waals surface area contributed by atoms with Gasteiger partial charge in [0.05, 0.1) is 7.11 Å². The number of nitrogens with zero attached hydrogens (tertiary/aromatic N) is 4. The molecule has 1 amide bonds. The van der Waals surface area contributed by atoms with Gasteiger partial charge in [0.15, 0.2) is 5.13 Å². The van der Waals surface area contributed by atoms with E-state index in [0.29, 0.717) is 23.9 Å². The number of halogens is 1. The summed E-state index contributed by atoms with van der Waals surface area (Å²) in [6.45, 7) is 2.80. The van der Waals surface area contributed by atoms with Gasteiger partial charge < -0.3 is 14.5 Å². The molecular weight excluding hydrogens is 396 g/mol. The van der Waals surface area contributed by atoms with Crippen LogP contribution in [0, 0.1) is 0 Å². The quantitative estimate of drug-likeness (QED) is 0.609. The van der Waals surface area contributed by atoms with Crippen molar-refractivity contribution in [2.24, 2.45) is 0 Å². The number of rotatable bonds is 4. The summed E-state index contributed by atoms with van der Waals surface area (Å²) >= 11 is 7.63. The van der Waals surface area contributed by atoms with Gasteiger partial charge in [-0.2, -0.15) is 0 Å². The van der Waals surface area contributed by atoms with Crippen LogP contribution in [0.2, 0.25) is 5.02 Å². The van der Waals surface area contributed by atoms with Crippen LogP contribution in [-0.4, -0.2) is 54.1 Å². The fourth-order valence-electron chi connectivity index (χ4n) is 3.11. The Kier molecular flexibility index (Phi) is 5.45. The molecule has 0 N–H and O–H groups in total. The van der Waals surface area contributed by atoms with Crippen LogP contribution in [0.25, 0.3) is 16.4 Å². The Morgan fingerprint density at radius 3 is 2.82 bits per heavy atom. The monoisotopic (exact) mass is 414 g/mol. The molecule has 1 saturated heterocycles. The predicted molar refractivity (Wildman–Crippen MR) is 113 cm³/mol. The minimum Gasteiger partial charge on any atom is -0.496 e. The van der Waals surface area contributed by atoms with Crippen molar-refractivity contribution in [2.75, 3.05) is 38.2 Å². The number of aromatic nitrogens is 2. The van der Waals surface area contributed by atoms with E-state index in [0.717, 1.165) is 34.1 Å². The van der Waals surface area contributed by atoms with Crippen molar-refractivity contribution in [3.63, 3.8) is 0 Å². The number of anilines is 1. The van der Waals surface area contributed by atoms with Crippen molar-refractivity contribution in [3.05, 3.63) is 53.2 Å². The zero-order chi connectivity index (χ0) is 19.5. The van der Waals surface area contributed by atoms with Gasteiger partial charge in [0, 0.05) is 49.0 Å². The normalized spacial score (nSPS) is 14.8. The molecule has 6 nitrogen and oxygen atoms in total. The summed E-state index contributed by atoms with van der Waals surface area (Å²) in [6.07, 6.45) is 5.10. The molecule has 0 aliphatic carbocycles. The summed E-state index contributed by atoms with van der Waals surface area (Å²) in [5, 5.41) is 1.56. The van der Waals surface area contributed by atoms with Crippen LogP contribution in [0.1, 0.15) is 5.56 Å². The molecule has 1 fully saturated rings. The summed E-state index contributed by atoms with van der Waals surface area (Å²) in [7, 11) is 1.60. The van der Waals surface area contributed by atoms with Crippen LogP contribution >= 0.6 is 22.9 Å². The van der Waals surface area contributed by atoms with Gasteiger partial charge in [-0.3, -0.25) is 4.79 Å². The van der Waals surface area contributed by atoms with Gasteiger partial charge in [-0.05, 0) is 36.4 Å². The van der Waals surface area contributed by atoms with E-state index >= 15 is 0 Å². The first-order chi connectivity index (χ1) is 13.6. The average Bonchev–Trinajstić information content (AvgIpc) is 3.16. The summed E-state index contributed by atoms with van der Waals surface area (Å²) in [6, 6.07) is 9.19. The van der Waals surface area contributed by atoms with E-state index in [1.165, 1.54) is 0 Å². The maximum absolute atomic E-state index is 12.6. The van der Waals surface area contributed by atoms with Crippen LogP contribution in [0.3, 0.4) is 0 Å². The first-order valence-electron chi connectivity index (χ1n) is 8.91. The second-order valence-electron chi connectivity index (χ2n) is 6.36. The first kappa shape index (κ1) is 18.7. The maximum atomic E-state index is 12.6. The Morgan fingerprint density at radius 1 is 1.25 bits per heavy atom. The van der Waals surface area contributed by atoms with Gasteiger partial charge in [0.2, 0.25) is 5.91 Å². The number of methoxy groups -OCH3 is 1. The molecule has 1 aromatic carbocycles. The lowest BCUT2D eigenvalue weighted by Crippen LogP contribution is -2.48. The van der Waals surface area contributed by atoms with Gasteiger partial charge in [-0.15, -0.1) is 0 Å². The fourth-order valence-corrected chi connectivity index (χ4v) is 4.25. The Morgan fingerprint density at radius 2 is 2.07 bits per heavy atom. The third-order valence-corrected chi connectivity index (χ3v) is 5.89. The molecule has 3 aromatic rings. The number of carbonyl (C=O) groups is 1. The molecule has 3 heterocycles. The third kappa shape index (κ3) is 3.95. The lowest BCUT2D eigenvalue weighted by Gasteiger charge is -2.34. The average molecular weight is 415 g/mol. The van der Waals surface area contributed by atoms with Crippen molar-refractivity contribution in [3.8, 4) is 5.75 Å². The molecule has 0 unspecified atom stereocenters. The minimum atomic E-state index is -0.0207. The highest BCUT2D eigenvalue weighted by Crippen LogP contribution is 2.28. The fraction of sp³-hybridized carbons (Fsp3) is 0.250. The zero-order valence-corrected chi connectivity index (χ0v) is 16.9. The molecule has 0 atom stereocenters. The van der Waals surface area contributed by atoms with E-state index in [-0.39, 0.29) is 5.91 Å². The van der Waals surface area contributed by atoms with Crippen molar-refractivity contribution >= 4 is 50.4 Å². The van der Waals surface area contributed by atoms with E-state index in [1.54, 1.807) is 55.0 Å². The molecule has 28 heavy (non-hydrogen) atoms. The Labute approximate surface area is 172 Å². The number of benzene rings is 1. The predicted octanol–water partition coefficient (Wildman–Crippen LogP) is 3.72. The van der Waals surface area contributed by atoms with Gasteiger partial charge in [-0.25, -0.2) is 9.97 Å².